The maximum atomic E-state index is 12.2. The minimum atomic E-state index is -0.342. The summed E-state index contributed by atoms with van der Waals surface area (Å²) >= 11 is 0. The van der Waals surface area contributed by atoms with Gasteiger partial charge in [0.05, 0.1) is 25.1 Å². The van der Waals surface area contributed by atoms with Crippen molar-refractivity contribution >= 4 is 10.9 Å². The fraction of sp³-hybridized carbons (Fsp3) is 0.214. The van der Waals surface area contributed by atoms with Crippen LogP contribution in [0.4, 0.5) is 0 Å². The predicted molar refractivity (Wildman–Crippen MR) is 77.7 cm³/mol. The number of hydrogen-bond donors (Lipinski definition) is 1. The molecule has 0 amide bonds. The molecule has 0 unspecified atom stereocenters. The van der Waals surface area contributed by atoms with Crippen LogP contribution in [0.3, 0.4) is 0 Å². The molecule has 1 N–H and O–H groups in total. The van der Waals surface area contributed by atoms with Gasteiger partial charge in [-0.1, -0.05) is 0 Å². The molecule has 3 rings (SSSR count). The largest absolute Gasteiger partial charge is 0.493 e. The zero-order valence-corrected chi connectivity index (χ0v) is 11.9. The van der Waals surface area contributed by atoms with Crippen molar-refractivity contribution in [2.45, 2.75) is 0 Å². The lowest BCUT2D eigenvalue weighted by Gasteiger charge is -2.09. The van der Waals surface area contributed by atoms with Crippen molar-refractivity contribution in [2.24, 2.45) is 7.05 Å². The molecule has 0 aliphatic carbocycles. The van der Waals surface area contributed by atoms with Crippen LogP contribution in [0.5, 0.6) is 11.5 Å². The normalized spacial score (nSPS) is 10.8. The van der Waals surface area contributed by atoms with Crippen molar-refractivity contribution in [1.82, 2.24) is 19.7 Å². The van der Waals surface area contributed by atoms with E-state index in [9.17, 15) is 4.79 Å². The van der Waals surface area contributed by atoms with E-state index in [2.05, 4.69) is 15.1 Å². The highest BCUT2D eigenvalue weighted by Crippen LogP contribution is 2.30. The molecule has 0 radical (unpaired) electrons. The van der Waals surface area contributed by atoms with Gasteiger partial charge in [0, 0.05) is 19.3 Å². The molecule has 0 aliphatic rings. The standard InChI is InChI=1S/C14H14N4O3/c1-18-5-4-9(17-18)13-15-10-7-12(21-3)11(20-2)6-8(10)14(19)16-13/h4-7H,1-3H3,(H,15,16,19). The molecule has 7 heteroatoms. The summed E-state index contributed by atoms with van der Waals surface area (Å²) < 4.78 is 12.1. The van der Waals surface area contributed by atoms with Gasteiger partial charge in [-0.25, -0.2) is 0 Å². The zero-order chi connectivity index (χ0) is 15.0. The molecule has 0 saturated carbocycles. The second-order valence-electron chi connectivity index (χ2n) is 4.52. The maximum absolute atomic E-state index is 12.2. The molecule has 2 aromatic heterocycles. The number of benzene rings is 1. The Bertz CT molecular complexity index is 866. The molecule has 0 atom stereocenters. The molecule has 108 valence electrons. The summed E-state index contributed by atoms with van der Waals surface area (Å²) in [5.74, 6) is 1.45. The number of methoxy groups -OCH3 is 2. The van der Waals surface area contributed by atoms with Crippen LogP contribution in [0.1, 0.15) is 0 Å². The minimum absolute atomic E-state index is 0.342. The lowest BCUT2D eigenvalue weighted by molar-refractivity contribution is 0.355. The summed E-state index contributed by atoms with van der Waals surface area (Å²) in [7, 11) is 4.87. The van der Waals surface area contributed by atoms with Crippen molar-refractivity contribution in [1.29, 1.82) is 0 Å². The third kappa shape index (κ3) is 2.22. The second-order valence-corrected chi connectivity index (χ2v) is 4.52. The van der Waals surface area contributed by atoms with Gasteiger partial charge in [-0.05, 0) is 12.1 Å². The Morgan fingerprint density at radius 1 is 1.19 bits per heavy atom. The number of nitrogens with zero attached hydrogens (tertiary/aromatic N) is 3. The first-order valence-corrected chi connectivity index (χ1v) is 6.28. The van der Waals surface area contributed by atoms with Crippen LogP contribution in [-0.4, -0.2) is 34.0 Å². The summed E-state index contributed by atoms with van der Waals surface area (Å²) in [6, 6.07) is 5.11. The van der Waals surface area contributed by atoms with E-state index < -0.39 is 0 Å². The van der Waals surface area contributed by atoms with E-state index in [1.807, 2.05) is 0 Å². The molecule has 0 saturated heterocycles. The van der Waals surface area contributed by atoms with Crippen molar-refractivity contribution in [3.8, 4) is 23.0 Å². The lowest BCUT2D eigenvalue weighted by atomic mass is 10.2. The fourth-order valence-electron chi connectivity index (χ4n) is 2.14. The summed E-state index contributed by atoms with van der Waals surface area (Å²) in [5.41, 5.74) is 0.880. The number of aryl methyl sites for hydroxylation is 1. The Hall–Kier alpha value is -2.83. The van der Waals surface area contributed by atoms with Gasteiger partial charge in [0.2, 0.25) is 0 Å². The van der Waals surface area contributed by atoms with Gasteiger partial charge in [0.25, 0.3) is 5.56 Å². The van der Waals surface area contributed by atoms with E-state index in [4.69, 9.17) is 9.47 Å². The molecule has 0 bridgehead atoms. The van der Waals surface area contributed by atoms with Crippen LogP contribution in [-0.2, 0) is 7.05 Å². The Morgan fingerprint density at radius 3 is 2.52 bits per heavy atom. The molecule has 21 heavy (non-hydrogen) atoms. The Morgan fingerprint density at radius 2 is 1.90 bits per heavy atom. The van der Waals surface area contributed by atoms with Crippen LogP contribution in [0.15, 0.2) is 29.2 Å². The van der Waals surface area contributed by atoms with E-state index in [1.165, 1.54) is 7.11 Å². The highest BCUT2D eigenvalue weighted by molar-refractivity contribution is 5.83. The molecule has 0 spiro atoms. The second kappa shape index (κ2) is 4.93. The third-order valence-electron chi connectivity index (χ3n) is 3.18. The number of fused-ring (bicyclic) bond motifs is 1. The van der Waals surface area contributed by atoms with E-state index >= 15 is 0 Å². The fourth-order valence-corrected chi connectivity index (χ4v) is 2.14. The van der Waals surface area contributed by atoms with E-state index in [-0.39, 0.29) is 5.56 Å². The third-order valence-corrected chi connectivity index (χ3v) is 3.18. The monoisotopic (exact) mass is 286 g/mol. The molecule has 1 aromatic carbocycles. The van der Waals surface area contributed by atoms with Gasteiger partial charge in [-0.3, -0.25) is 9.48 Å². The SMILES string of the molecule is COc1cc2[nH]c(-c3ccn(C)n3)nc(=O)c2cc1OC. The predicted octanol–water partition coefficient (Wildman–Crippen LogP) is 1.34. The van der Waals surface area contributed by atoms with Gasteiger partial charge in [0.1, 0.15) is 5.69 Å². The lowest BCUT2D eigenvalue weighted by Crippen LogP contribution is -2.10. The van der Waals surface area contributed by atoms with Gasteiger partial charge in [-0.2, -0.15) is 10.1 Å². The summed E-state index contributed by atoms with van der Waals surface area (Å²) in [6.07, 6.45) is 1.79. The number of hydrogen-bond acceptors (Lipinski definition) is 5. The number of ether oxygens (including phenoxy) is 2. The van der Waals surface area contributed by atoms with Crippen molar-refractivity contribution < 1.29 is 9.47 Å². The van der Waals surface area contributed by atoms with E-state index in [0.29, 0.717) is 33.9 Å². The Kier molecular flexibility index (Phi) is 3.09. The maximum Gasteiger partial charge on any atom is 0.281 e. The first-order chi connectivity index (χ1) is 10.1. The molecular formula is C14H14N4O3. The smallest absolute Gasteiger partial charge is 0.281 e. The molecule has 0 aliphatic heterocycles. The van der Waals surface area contributed by atoms with Crippen LogP contribution in [0, 0.1) is 0 Å². The van der Waals surface area contributed by atoms with Crippen LogP contribution >= 0.6 is 0 Å². The first kappa shape index (κ1) is 13.2. The van der Waals surface area contributed by atoms with Crippen molar-refractivity contribution in [3.05, 3.63) is 34.7 Å². The number of rotatable bonds is 3. The van der Waals surface area contributed by atoms with Crippen molar-refractivity contribution in [3.63, 3.8) is 0 Å². The summed E-state index contributed by atoms with van der Waals surface area (Å²) in [5, 5.41) is 4.67. The number of H-pyrrole nitrogens is 1. The van der Waals surface area contributed by atoms with Gasteiger partial charge in [0.15, 0.2) is 17.3 Å². The van der Waals surface area contributed by atoms with Gasteiger partial charge < -0.3 is 14.5 Å². The number of aromatic nitrogens is 4. The van der Waals surface area contributed by atoms with Crippen LogP contribution in [0.25, 0.3) is 22.4 Å². The molecule has 0 fully saturated rings. The van der Waals surface area contributed by atoms with Crippen molar-refractivity contribution in [2.75, 3.05) is 14.2 Å². The molecule has 3 aromatic rings. The average Bonchev–Trinajstić information content (AvgIpc) is 2.92. The van der Waals surface area contributed by atoms with Crippen LogP contribution in [0.2, 0.25) is 0 Å². The van der Waals surface area contributed by atoms with Crippen LogP contribution < -0.4 is 15.0 Å². The van der Waals surface area contributed by atoms with Gasteiger partial charge in [-0.15, -0.1) is 0 Å². The summed E-state index contributed by atoms with van der Waals surface area (Å²) in [4.78, 5) is 19.3. The highest BCUT2D eigenvalue weighted by atomic mass is 16.5. The molecule has 7 nitrogen and oxygen atoms in total. The molecular weight excluding hydrogens is 272 g/mol. The number of nitrogens with one attached hydrogen (secondary N) is 1. The highest BCUT2D eigenvalue weighted by Gasteiger charge is 2.12. The first-order valence-electron chi connectivity index (χ1n) is 6.28. The van der Waals surface area contributed by atoms with E-state index in [0.717, 1.165) is 0 Å². The van der Waals surface area contributed by atoms with E-state index in [1.54, 1.807) is 43.2 Å². The number of aromatic amines is 1. The van der Waals surface area contributed by atoms with Gasteiger partial charge >= 0.3 is 0 Å². The topological polar surface area (TPSA) is 82.0 Å². The quantitative estimate of drug-likeness (QED) is 0.785. The minimum Gasteiger partial charge on any atom is -0.493 e. The summed E-state index contributed by atoms with van der Waals surface area (Å²) in [6.45, 7) is 0. The average molecular weight is 286 g/mol. The zero-order valence-electron chi connectivity index (χ0n) is 11.9. The Labute approximate surface area is 120 Å². The molecule has 2 heterocycles. The Balaban J connectivity index is 2.26.